The predicted octanol–water partition coefficient (Wildman–Crippen LogP) is -0.0129. The maximum absolute atomic E-state index is 9.84. The van der Waals surface area contributed by atoms with Crippen LogP contribution in [-0.2, 0) is 19.0 Å². The van der Waals surface area contributed by atoms with E-state index in [1.165, 1.54) is 7.11 Å². The molecule has 1 N–H and O–H groups in total. The molecule has 0 radical (unpaired) electrons. The van der Waals surface area contributed by atoms with Crippen molar-refractivity contribution in [1.82, 2.24) is 0 Å². The molecule has 0 spiro atoms. The van der Waals surface area contributed by atoms with Gasteiger partial charge in [0.05, 0.1) is 33.5 Å². The summed E-state index contributed by atoms with van der Waals surface area (Å²) >= 11 is 0. The van der Waals surface area contributed by atoms with Crippen molar-refractivity contribution in [3.05, 3.63) is 12.7 Å². The molecule has 84 valence electrons. The summed E-state index contributed by atoms with van der Waals surface area (Å²) in [5.41, 5.74) is 0. The molecule has 0 unspecified atom stereocenters. The van der Waals surface area contributed by atoms with Gasteiger partial charge in [-0.2, -0.15) is 0 Å². The lowest BCUT2D eigenvalue weighted by molar-refractivity contribution is -0.134. The monoisotopic (exact) mass is 206 g/mol. The van der Waals surface area contributed by atoms with Crippen molar-refractivity contribution in [2.75, 3.05) is 40.6 Å². The first-order chi connectivity index (χ1) is 6.72. The topological polar surface area (TPSA) is 65.0 Å². The molecule has 0 aromatic heterocycles. The summed E-state index contributed by atoms with van der Waals surface area (Å²) in [6, 6.07) is 0. The Bertz CT molecular complexity index is 129. The molecule has 5 nitrogen and oxygen atoms in total. The third-order valence-electron chi connectivity index (χ3n) is 1.04. The van der Waals surface area contributed by atoms with E-state index in [0.717, 1.165) is 6.08 Å². The minimum absolute atomic E-state index is 0.0870. The number of carbonyl (C=O) groups excluding carboxylic acids is 1. The maximum Gasteiger partial charge on any atom is 0.329 e. The molecule has 0 rings (SSSR count). The summed E-state index contributed by atoms with van der Waals surface area (Å²) in [7, 11) is 2.92. The number of hydrogen-bond acceptors (Lipinski definition) is 5. The molecule has 0 heterocycles. The van der Waals surface area contributed by atoms with Crippen molar-refractivity contribution in [1.29, 1.82) is 0 Å². The number of methoxy groups -OCH3 is 2. The molecular formula is C9H18O5. The quantitative estimate of drug-likeness (QED) is 0.376. The van der Waals surface area contributed by atoms with E-state index in [2.05, 4.69) is 16.1 Å². The van der Waals surface area contributed by atoms with Gasteiger partial charge in [-0.15, -0.1) is 0 Å². The Balaban J connectivity index is 0. The van der Waals surface area contributed by atoms with Gasteiger partial charge in [-0.1, -0.05) is 6.58 Å². The first kappa shape index (κ1) is 15.6. The predicted molar refractivity (Wildman–Crippen MR) is 52.0 cm³/mol. The molecule has 14 heavy (non-hydrogen) atoms. The van der Waals surface area contributed by atoms with Crippen LogP contribution in [-0.4, -0.2) is 51.7 Å². The normalized spacial score (nSPS) is 8.50. The van der Waals surface area contributed by atoms with E-state index in [1.54, 1.807) is 7.11 Å². The van der Waals surface area contributed by atoms with Crippen LogP contribution >= 0.6 is 0 Å². The van der Waals surface area contributed by atoms with E-state index < -0.39 is 5.97 Å². The van der Waals surface area contributed by atoms with Crippen LogP contribution in [0.25, 0.3) is 0 Å². The van der Waals surface area contributed by atoms with E-state index in [9.17, 15) is 4.79 Å². The van der Waals surface area contributed by atoms with Crippen molar-refractivity contribution >= 4 is 5.97 Å². The van der Waals surface area contributed by atoms with Gasteiger partial charge in [0.1, 0.15) is 0 Å². The Kier molecular flexibility index (Phi) is 16.2. The molecule has 0 aliphatic carbocycles. The summed E-state index contributed by atoms with van der Waals surface area (Å²) in [5.74, 6) is -0.394. The summed E-state index contributed by atoms with van der Waals surface area (Å²) < 4.78 is 13.7. The minimum Gasteiger partial charge on any atom is -0.466 e. The van der Waals surface area contributed by atoms with Gasteiger partial charge >= 0.3 is 5.97 Å². The van der Waals surface area contributed by atoms with Crippen molar-refractivity contribution < 1.29 is 24.1 Å². The van der Waals surface area contributed by atoms with Crippen LogP contribution in [0.5, 0.6) is 0 Å². The van der Waals surface area contributed by atoms with Crippen LogP contribution in [0.3, 0.4) is 0 Å². The molecule has 0 aliphatic heterocycles. The highest BCUT2D eigenvalue weighted by Gasteiger charge is 1.82. The smallest absolute Gasteiger partial charge is 0.329 e. The second-order valence-electron chi connectivity index (χ2n) is 2.06. The third kappa shape index (κ3) is 17.3. The minimum atomic E-state index is -0.394. The van der Waals surface area contributed by atoms with Crippen molar-refractivity contribution in [3.63, 3.8) is 0 Å². The van der Waals surface area contributed by atoms with Crippen LogP contribution in [0, 0.1) is 0 Å². The standard InChI is InChI=1S/C5H12O3.C4H6O2/c1-7-4-5-8-3-2-6;1-3-4(5)6-2/h6H,2-5H2,1H3;3H,1H2,2H3. The highest BCUT2D eigenvalue weighted by atomic mass is 16.5. The van der Waals surface area contributed by atoms with Gasteiger partial charge in [0.15, 0.2) is 0 Å². The van der Waals surface area contributed by atoms with Crippen molar-refractivity contribution in [2.45, 2.75) is 0 Å². The van der Waals surface area contributed by atoms with Crippen molar-refractivity contribution in [3.8, 4) is 0 Å². The van der Waals surface area contributed by atoms with Gasteiger partial charge in [0, 0.05) is 13.2 Å². The molecule has 0 saturated carbocycles. The number of rotatable bonds is 6. The number of ether oxygens (including phenoxy) is 3. The zero-order valence-electron chi connectivity index (χ0n) is 8.69. The summed E-state index contributed by atoms with van der Waals surface area (Å²) in [6.45, 7) is 4.81. The lowest BCUT2D eigenvalue weighted by Gasteiger charge is -1.98. The fourth-order valence-electron chi connectivity index (χ4n) is 0.392. The van der Waals surface area contributed by atoms with Gasteiger partial charge in [-0.05, 0) is 0 Å². The van der Waals surface area contributed by atoms with Gasteiger partial charge < -0.3 is 19.3 Å². The molecule has 0 amide bonds. The first-order valence-electron chi connectivity index (χ1n) is 4.10. The molecule has 0 fully saturated rings. The Morgan fingerprint density at radius 1 is 1.36 bits per heavy atom. The molecule has 0 atom stereocenters. The summed E-state index contributed by atoms with van der Waals surface area (Å²) in [5, 5.41) is 8.20. The van der Waals surface area contributed by atoms with Gasteiger partial charge in [0.25, 0.3) is 0 Å². The van der Waals surface area contributed by atoms with Crippen LogP contribution in [0.15, 0.2) is 12.7 Å². The Labute approximate surface area is 84.3 Å². The van der Waals surface area contributed by atoms with Gasteiger partial charge in [0.2, 0.25) is 0 Å². The molecule has 0 aromatic rings. The first-order valence-corrected chi connectivity index (χ1v) is 4.10. The zero-order valence-corrected chi connectivity index (χ0v) is 8.69. The zero-order chi connectivity index (χ0) is 11.2. The fourth-order valence-corrected chi connectivity index (χ4v) is 0.392. The molecule has 0 aliphatic rings. The molecule has 0 aromatic carbocycles. The number of aliphatic hydroxyl groups is 1. The second-order valence-corrected chi connectivity index (χ2v) is 2.06. The van der Waals surface area contributed by atoms with Crippen LogP contribution in [0.1, 0.15) is 0 Å². The van der Waals surface area contributed by atoms with Crippen LogP contribution in [0.2, 0.25) is 0 Å². The molecule has 5 heteroatoms. The van der Waals surface area contributed by atoms with E-state index in [1.807, 2.05) is 0 Å². The Morgan fingerprint density at radius 2 is 2.00 bits per heavy atom. The van der Waals surface area contributed by atoms with Crippen molar-refractivity contribution in [2.24, 2.45) is 0 Å². The number of aliphatic hydroxyl groups excluding tert-OH is 1. The van der Waals surface area contributed by atoms with E-state index in [0.29, 0.717) is 19.8 Å². The average molecular weight is 206 g/mol. The fraction of sp³-hybridized carbons (Fsp3) is 0.667. The van der Waals surface area contributed by atoms with Crippen LogP contribution < -0.4 is 0 Å². The average Bonchev–Trinajstić information content (AvgIpc) is 2.24. The summed E-state index contributed by atoms with van der Waals surface area (Å²) in [4.78, 5) is 9.84. The van der Waals surface area contributed by atoms with E-state index >= 15 is 0 Å². The third-order valence-corrected chi connectivity index (χ3v) is 1.04. The highest BCUT2D eigenvalue weighted by Crippen LogP contribution is 1.72. The number of carbonyl (C=O) groups is 1. The Morgan fingerprint density at radius 3 is 2.29 bits per heavy atom. The second kappa shape index (κ2) is 14.6. The van der Waals surface area contributed by atoms with Crippen LogP contribution in [0.4, 0.5) is 0 Å². The molecule has 0 bridgehead atoms. The number of hydrogen-bond donors (Lipinski definition) is 1. The molecule has 0 saturated heterocycles. The van der Waals surface area contributed by atoms with E-state index in [4.69, 9.17) is 9.84 Å². The lowest BCUT2D eigenvalue weighted by Crippen LogP contribution is -2.05. The Hall–Kier alpha value is -0.910. The molecular weight excluding hydrogens is 188 g/mol. The summed E-state index contributed by atoms with van der Waals surface area (Å²) in [6.07, 6.45) is 1.11. The van der Waals surface area contributed by atoms with E-state index in [-0.39, 0.29) is 6.61 Å². The maximum atomic E-state index is 9.84. The van der Waals surface area contributed by atoms with Gasteiger partial charge in [-0.3, -0.25) is 0 Å². The van der Waals surface area contributed by atoms with Gasteiger partial charge in [-0.25, -0.2) is 4.79 Å². The highest BCUT2D eigenvalue weighted by molar-refractivity contribution is 5.80. The SMILES string of the molecule is C=CC(=O)OC.COCCOCCO. The largest absolute Gasteiger partial charge is 0.466 e. The number of esters is 1. The lowest BCUT2D eigenvalue weighted by atomic mass is 10.7.